The van der Waals surface area contributed by atoms with E-state index in [2.05, 4.69) is 27.7 Å². The van der Waals surface area contributed by atoms with E-state index in [1.807, 2.05) is 0 Å². The molecule has 150 valence electrons. The zero-order valence-electron chi connectivity index (χ0n) is 17.6. The maximum atomic E-state index is 13.6. The summed E-state index contributed by atoms with van der Waals surface area (Å²) in [6, 6.07) is 0. The minimum absolute atomic E-state index is 0.00338. The largest absolute Gasteiger partial charge is 0.300 e. The minimum Gasteiger partial charge on any atom is -0.300 e. The van der Waals surface area contributed by atoms with E-state index in [0.29, 0.717) is 54.9 Å². The first kappa shape index (κ1) is 19.3. The normalized spacial score (nSPS) is 48.0. The summed E-state index contributed by atoms with van der Waals surface area (Å²) in [7, 11) is 0. The van der Waals surface area contributed by atoms with Gasteiger partial charge in [0.1, 0.15) is 17.3 Å². The molecule has 0 aliphatic heterocycles. The summed E-state index contributed by atoms with van der Waals surface area (Å²) >= 11 is 0. The summed E-state index contributed by atoms with van der Waals surface area (Å²) < 4.78 is 0. The first-order valence-electron chi connectivity index (χ1n) is 11.3. The molecule has 0 saturated heterocycles. The van der Waals surface area contributed by atoms with Crippen LogP contribution in [0.2, 0.25) is 0 Å². The summed E-state index contributed by atoms with van der Waals surface area (Å²) in [5.41, 5.74) is -0.310. The molecule has 0 aromatic rings. The van der Waals surface area contributed by atoms with Crippen LogP contribution in [0.3, 0.4) is 0 Å². The van der Waals surface area contributed by atoms with E-state index < -0.39 is 0 Å². The van der Waals surface area contributed by atoms with Gasteiger partial charge in [0.15, 0.2) is 0 Å². The van der Waals surface area contributed by atoms with Crippen molar-refractivity contribution in [3.05, 3.63) is 0 Å². The van der Waals surface area contributed by atoms with Crippen molar-refractivity contribution in [3.63, 3.8) is 0 Å². The number of hydrogen-bond acceptors (Lipinski definition) is 3. The minimum atomic E-state index is -0.306. The summed E-state index contributed by atoms with van der Waals surface area (Å²) in [5, 5.41) is 0. The van der Waals surface area contributed by atoms with Crippen LogP contribution in [0.5, 0.6) is 0 Å². The van der Waals surface area contributed by atoms with Gasteiger partial charge in [-0.25, -0.2) is 0 Å². The fourth-order valence-corrected chi connectivity index (χ4v) is 8.05. The molecule has 0 aromatic heterocycles. The highest BCUT2D eigenvalue weighted by Gasteiger charge is 2.66. The highest BCUT2D eigenvalue weighted by atomic mass is 16.1. The molecule has 0 heterocycles. The third-order valence-electron chi connectivity index (χ3n) is 9.65. The number of fused-ring (bicyclic) bond motifs is 5. The molecular formula is C24H36O3. The van der Waals surface area contributed by atoms with E-state index in [1.165, 1.54) is 6.42 Å². The van der Waals surface area contributed by atoms with Crippen molar-refractivity contribution < 1.29 is 14.4 Å². The van der Waals surface area contributed by atoms with Gasteiger partial charge in [0, 0.05) is 37.0 Å². The molecule has 4 rings (SSSR count). The number of ketones is 3. The van der Waals surface area contributed by atoms with Crippen LogP contribution in [-0.4, -0.2) is 17.3 Å². The number of carbonyl (C=O) groups excluding carboxylic acids is 3. The highest BCUT2D eigenvalue weighted by Crippen LogP contribution is 2.66. The lowest BCUT2D eigenvalue weighted by molar-refractivity contribution is -0.166. The maximum absolute atomic E-state index is 13.6. The van der Waals surface area contributed by atoms with Crippen LogP contribution in [0.15, 0.2) is 0 Å². The fourth-order valence-electron chi connectivity index (χ4n) is 8.05. The van der Waals surface area contributed by atoms with Gasteiger partial charge < -0.3 is 0 Å². The molecule has 4 saturated carbocycles. The van der Waals surface area contributed by atoms with Crippen molar-refractivity contribution in [2.24, 2.45) is 46.3 Å². The van der Waals surface area contributed by atoms with Gasteiger partial charge in [0.05, 0.1) is 0 Å². The Morgan fingerprint density at radius 2 is 1.78 bits per heavy atom. The van der Waals surface area contributed by atoms with Crippen molar-refractivity contribution in [1.82, 2.24) is 0 Å². The average molecular weight is 373 g/mol. The topological polar surface area (TPSA) is 51.2 Å². The molecule has 27 heavy (non-hydrogen) atoms. The first-order chi connectivity index (χ1) is 12.7. The van der Waals surface area contributed by atoms with E-state index in [-0.39, 0.29) is 34.5 Å². The van der Waals surface area contributed by atoms with E-state index in [1.54, 1.807) is 0 Å². The molecule has 0 N–H and O–H groups in total. The van der Waals surface area contributed by atoms with Crippen LogP contribution >= 0.6 is 0 Å². The molecule has 8 atom stereocenters. The second kappa shape index (κ2) is 6.52. The van der Waals surface area contributed by atoms with Crippen LogP contribution < -0.4 is 0 Å². The maximum Gasteiger partial charge on any atom is 0.139 e. The Morgan fingerprint density at radius 1 is 1.04 bits per heavy atom. The first-order valence-corrected chi connectivity index (χ1v) is 11.3. The zero-order chi connectivity index (χ0) is 19.6. The van der Waals surface area contributed by atoms with Crippen molar-refractivity contribution in [2.75, 3.05) is 0 Å². The average Bonchev–Trinajstić information content (AvgIpc) is 2.96. The Balaban J connectivity index is 1.69. The van der Waals surface area contributed by atoms with Gasteiger partial charge >= 0.3 is 0 Å². The predicted octanol–water partition coefficient (Wildman–Crippen LogP) is 5.01. The van der Waals surface area contributed by atoms with Gasteiger partial charge in [-0.2, -0.15) is 0 Å². The molecule has 0 radical (unpaired) electrons. The lowest BCUT2D eigenvalue weighted by Gasteiger charge is -2.58. The predicted molar refractivity (Wildman–Crippen MR) is 105 cm³/mol. The second-order valence-electron chi connectivity index (χ2n) is 10.7. The Labute approximate surface area is 164 Å². The van der Waals surface area contributed by atoms with Gasteiger partial charge in [-0.05, 0) is 54.3 Å². The van der Waals surface area contributed by atoms with Crippen molar-refractivity contribution >= 4 is 17.3 Å². The third kappa shape index (κ3) is 2.63. The quantitative estimate of drug-likeness (QED) is 0.700. The van der Waals surface area contributed by atoms with E-state index >= 15 is 0 Å². The van der Waals surface area contributed by atoms with Gasteiger partial charge in [0.25, 0.3) is 0 Å². The van der Waals surface area contributed by atoms with E-state index in [0.717, 1.165) is 25.7 Å². The van der Waals surface area contributed by atoms with Crippen LogP contribution in [0.4, 0.5) is 0 Å². The number of rotatable bonds is 3. The van der Waals surface area contributed by atoms with Gasteiger partial charge in [-0.3, -0.25) is 14.4 Å². The zero-order valence-corrected chi connectivity index (χ0v) is 17.6. The molecule has 4 fully saturated rings. The lowest BCUT2D eigenvalue weighted by atomic mass is 9.44. The van der Waals surface area contributed by atoms with Crippen molar-refractivity contribution in [3.8, 4) is 0 Å². The number of Topliss-reactive ketones (excluding diaryl/α,β-unsaturated/α-hetero) is 3. The molecule has 0 unspecified atom stereocenters. The van der Waals surface area contributed by atoms with Crippen LogP contribution in [0, 0.1) is 46.3 Å². The standard InChI is InChI=1S/C24H36O3/c1-5-6-14(2)17-7-8-18-22-19(13-21(27)24(17,18)4)23(3)10-9-16(25)11-15(23)12-20(22)26/h14-15,17-19,22H,5-13H2,1-4H3/t14-,15+,17-,18+,19+,22+,23+,24-/m1/s1. The van der Waals surface area contributed by atoms with Crippen LogP contribution in [-0.2, 0) is 14.4 Å². The molecule has 0 aromatic carbocycles. The van der Waals surface area contributed by atoms with Crippen molar-refractivity contribution in [2.45, 2.75) is 85.5 Å². The Kier molecular flexibility index (Phi) is 4.67. The summed E-state index contributed by atoms with van der Waals surface area (Å²) in [5.74, 6) is 2.71. The molecule has 4 aliphatic rings. The molecule has 3 heteroatoms. The Hall–Kier alpha value is -0.990. The lowest BCUT2D eigenvalue weighted by Crippen LogP contribution is -2.60. The highest BCUT2D eigenvalue weighted by molar-refractivity contribution is 5.93. The van der Waals surface area contributed by atoms with Gasteiger partial charge in [0.2, 0.25) is 0 Å². The van der Waals surface area contributed by atoms with Crippen molar-refractivity contribution in [1.29, 1.82) is 0 Å². The molecular weight excluding hydrogens is 336 g/mol. The molecule has 0 spiro atoms. The van der Waals surface area contributed by atoms with Gasteiger partial charge in [-0.1, -0.05) is 40.5 Å². The number of hydrogen-bond donors (Lipinski definition) is 0. The molecule has 0 amide bonds. The SMILES string of the molecule is CCC[C@@H](C)[C@H]1CC[C@H]2[C@@H]3C(=O)C[C@@H]4CC(=O)CC[C@]4(C)[C@H]3CC(=O)[C@]12C. The van der Waals surface area contributed by atoms with Gasteiger partial charge in [-0.15, -0.1) is 0 Å². The number of carbonyl (C=O) groups is 3. The van der Waals surface area contributed by atoms with E-state index in [9.17, 15) is 14.4 Å². The second-order valence-corrected chi connectivity index (χ2v) is 10.7. The van der Waals surface area contributed by atoms with E-state index in [4.69, 9.17) is 0 Å². The Bertz CT molecular complexity index is 667. The molecule has 0 bridgehead atoms. The summed E-state index contributed by atoms with van der Waals surface area (Å²) in [6.45, 7) is 9.02. The third-order valence-corrected chi connectivity index (χ3v) is 9.65. The molecule has 3 nitrogen and oxygen atoms in total. The summed E-state index contributed by atoms with van der Waals surface area (Å²) in [6.07, 6.45) is 7.66. The van der Waals surface area contributed by atoms with Crippen LogP contribution in [0.1, 0.15) is 85.5 Å². The molecule has 4 aliphatic carbocycles. The van der Waals surface area contributed by atoms with Crippen LogP contribution in [0.25, 0.3) is 0 Å². The monoisotopic (exact) mass is 372 g/mol. The fraction of sp³-hybridized carbons (Fsp3) is 0.875. The summed E-state index contributed by atoms with van der Waals surface area (Å²) in [4.78, 5) is 38.9. The Morgan fingerprint density at radius 3 is 2.48 bits per heavy atom. The smallest absolute Gasteiger partial charge is 0.139 e.